The number of nitrogens with one attached hydrogen (secondary N) is 1. The number of benzene rings is 1. The second-order valence-corrected chi connectivity index (χ2v) is 7.36. The van der Waals surface area contributed by atoms with E-state index in [1.165, 1.54) is 0 Å². The topological polar surface area (TPSA) is 71.5 Å². The molecule has 1 aromatic carbocycles. The van der Waals surface area contributed by atoms with Gasteiger partial charge in [-0.2, -0.15) is 0 Å². The van der Waals surface area contributed by atoms with Crippen molar-refractivity contribution in [1.82, 2.24) is 15.2 Å². The molecule has 3 atom stereocenters. The van der Waals surface area contributed by atoms with Gasteiger partial charge in [-0.1, -0.05) is 0 Å². The maximum absolute atomic E-state index is 13.1. The molecule has 1 saturated carbocycles. The SMILES string of the molecule is COc1ccc(C(=O)N2CC3CC(NC(=O)c4cccnc4)C2C3)c(C)c1. The highest BCUT2D eigenvalue weighted by molar-refractivity contribution is 5.97. The first-order chi connectivity index (χ1) is 13.1. The molecule has 27 heavy (non-hydrogen) atoms. The average Bonchev–Trinajstić information content (AvgIpc) is 3.28. The number of piperidine rings is 1. The largest absolute Gasteiger partial charge is 0.497 e. The Morgan fingerprint density at radius 2 is 2.11 bits per heavy atom. The van der Waals surface area contributed by atoms with Crippen molar-refractivity contribution in [1.29, 1.82) is 0 Å². The molecule has 1 aliphatic heterocycles. The molecule has 1 aromatic heterocycles. The van der Waals surface area contributed by atoms with Crippen molar-refractivity contribution in [2.45, 2.75) is 31.8 Å². The van der Waals surface area contributed by atoms with Crippen molar-refractivity contribution in [3.05, 3.63) is 59.4 Å². The molecule has 3 unspecified atom stereocenters. The lowest BCUT2D eigenvalue weighted by molar-refractivity contribution is 0.0647. The van der Waals surface area contributed by atoms with Crippen molar-refractivity contribution in [3.8, 4) is 5.75 Å². The zero-order chi connectivity index (χ0) is 19.0. The number of hydrogen-bond donors (Lipinski definition) is 1. The Labute approximate surface area is 158 Å². The van der Waals surface area contributed by atoms with Crippen LogP contribution in [0.1, 0.15) is 39.1 Å². The highest BCUT2D eigenvalue weighted by Gasteiger charge is 2.47. The van der Waals surface area contributed by atoms with Crippen molar-refractivity contribution in [2.24, 2.45) is 5.92 Å². The molecule has 2 heterocycles. The van der Waals surface area contributed by atoms with Gasteiger partial charge in [0.05, 0.1) is 18.7 Å². The second kappa shape index (κ2) is 7.02. The molecule has 140 valence electrons. The number of amides is 2. The highest BCUT2D eigenvalue weighted by atomic mass is 16.5. The first kappa shape index (κ1) is 17.5. The lowest BCUT2D eigenvalue weighted by atomic mass is 10.0. The van der Waals surface area contributed by atoms with Crippen LogP contribution in [-0.2, 0) is 0 Å². The van der Waals surface area contributed by atoms with Gasteiger partial charge in [0, 0.05) is 30.5 Å². The number of rotatable bonds is 4. The minimum atomic E-state index is -0.131. The van der Waals surface area contributed by atoms with Crippen LogP contribution in [0.2, 0.25) is 0 Å². The van der Waals surface area contributed by atoms with Crippen LogP contribution in [0.3, 0.4) is 0 Å². The molecule has 1 aliphatic carbocycles. The molecule has 2 aromatic rings. The van der Waals surface area contributed by atoms with Gasteiger partial charge in [0.2, 0.25) is 0 Å². The lowest BCUT2D eigenvalue weighted by Gasteiger charge is -2.34. The van der Waals surface area contributed by atoms with E-state index in [9.17, 15) is 9.59 Å². The summed E-state index contributed by atoms with van der Waals surface area (Å²) in [5.74, 6) is 1.09. The van der Waals surface area contributed by atoms with Crippen molar-refractivity contribution in [2.75, 3.05) is 13.7 Å². The van der Waals surface area contributed by atoms with E-state index in [0.717, 1.165) is 30.7 Å². The maximum Gasteiger partial charge on any atom is 0.254 e. The first-order valence-corrected chi connectivity index (χ1v) is 9.23. The van der Waals surface area contributed by atoms with E-state index in [1.54, 1.807) is 31.6 Å². The molecule has 0 radical (unpaired) electrons. The van der Waals surface area contributed by atoms with Gasteiger partial charge in [0.1, 0.15) is 5.75 Å². The molecule has 2 fully saturated rings. The Balaban J connectivity index is 1.49. The number of pyridine rings is 1. The van der Waals surface area contributed by atoms with Gasteiger partial charge in [-0.3, -0.25) is 14.6 Å². The van der Waals surface area contributed by atoms with Crippen LogP contribution in [0.25, 0.3) is 0 Å². The maximum atomic E-state index is 13.1. The molecule has 1 saturated heterocycles. The van der Waals surface area contributed by atoms with Gasteiger partial charge in [0.15, 0.2) is 0 Å². The summed E-state index contributed by atoms with van der Waals surface area (Å²) >= 11 is 0. The number of aromatic nitrogens is 1. The fourth-order valence-corrected chi connectivity index (χ4v) is 4.32. The van der Waals surface area contributed by atoms with Crippen LogP contribution in [0.4, 0.5) is 0 Å². The van der Waals surface area contributed by atoms with E-state index in [-0.39, 0.29) is 23.9 Å². The highest BCUT2D eigenvalue weighted by Crippen LogP contribution is 2.39. The predicted molar refractivity (Wildman–Crippen MR) is 101 cm³/mol. The minimum Gasteiger partial charge on any atom is -0.497 e. The zero-order valence-corrected chi connectivity index (χ0v) is 15.5. The quantitative estimate of drug-likeness (QED) is 0.903. The summed E-state index contributed by atoms with van der Waals surface area (Å²) in [4.78, 5) is 31.5. The number of ether oxygens (including phenoxy) is 1. The molecule has 2 bridgehead atoms. The van der Waals surface area contributed by atoms with Gasteiger partial charge in [-0.15, -0.1) is 0 Å². The van der Waals surface area contributed by atoms with Crippen LogP contribution < -0.4 is 10.1 Å². The number of methoxy groups -OCH3 is 1. The van der Waals surface area contributed by atoms with Crippen LogP contribution in [0.15, 0.2) is 42.7 Å². The molecule has 4 rings (SSSR count). The number of hydrogen-bond acceptors (Lipinski definition) is 4. The number of aryl methyl sites for hydroxylation is 1. The third-order valence-corrected chi connectivity index (χ3v) is 5.65. The normalized spacial score (nSPS) is 23.3. The van der Waals surface area contributed by atoms with Gasteiger partial charge >= 0.3 is 0 Å². The predicted octanol–water partition coefficient (Wildman–Crippen LogP) is 2.43. The third-order valence-electron chi connectivity index (χ3n) is 5.65. The molecule has 2 aliphatic rings. The molecule has 2 amide bonds. The lowest BCUT2D eigenvalue weighted by Crippen LogP contribution is -2.52. The summed E-state index contributed by atoms with van der Waals surface area (Å²) in [6, 6.07) is 9.05. The minimum absolute atomic E-state index is 0.0149. The Bertz CT molecular complexity index is 868. The van der Waals surface area contributed by atoms with Crippen molar-refractivity contribution in [3.63, 3.8) is 0 Å². The smallest absolute Gasteiger partial charge is 0.254 e. The number of fused-ring (bicyclic) bond motifs is 2. The molecular weight excluding hydrogens is 342 g/mol. The molecular formula is C21H23N3O3. The van der Waals surface area contributed by atoms with Gasteiger partial charge in [-0.05, 0) is 61.6 Å². The van der Waals surface area contributed by atoms with Crippen molar-refractivity contribution < 1.29 is 14.3 Å². The van der Waals surface area contributed by atoms with Crippen LogP contribution in [-0.4, -0.2) is 47.4 Å². The van der Waals surface area contributed by atoms with Gasteiger partial charge in [0.25, 0.3) is 11.8 Å². The molecule has 1 N–H and O–H groups in total. The van der Waals surface area contributed by atoms with Crippen LogP contribution in [0.5, 0.6) is 5.75 Å². The van der Waals surface area contributed by atoms with E-state index in [2.05, 4.69) is 10.3 Å². The van der Waals surface area contributed by atoms with Crippen LogP contribution >= 0.6 is 0 Å². The Morgan fingerprint density at radius 1 is 1.26 bits per heavy atom. The third kappa shape index (κ3) is 3.27. The number of nitrogens with zero attached hydrogens (tertiary/aromatic N) is 2. The van der Waals surface area contributed by atoms with Gasteiger partial charge < -0.3 is 15.0 Å². The molecule has 0 spiro atoms. The summed E-state index contributed by atoms with van der Waals surface area (Å²) < 4.78 is 5.23. The standard InChI is InChI=1S/C21H23N3O3/c1-13-8-16(27-2)5-6-17(13)21(26)24-12-14-9-18(19(24)10-14)23-20(25)15-4-3-7-22-11-15/h3-8,11,14,18-19H,9-10,12H2,1-2H3,(H,23,25). The Hall–Kier alpha value is -2.89. The Morgan fingerprint density at radius 3 is 2.78 bits per heavy atom. The van der Waals surface area contributed by atoms with E-state index in [0.29, 0.717) is 17.0 Å². The molecule has 6 heteroatoms. The average molecular weight is 365 g/mol. The van der Waals surface area contributed by atoms with Gasteiger partial charge in [-0.25, -0.2) is 0 Å². The fraction of sp³-hybridized carbons (Fsp3) is 0.381. The monoisotopic (exact) mass is 365 g/mol. The number of likely N-dealkylation sites (tertiary alicyclic amines) is 1. The number of carbonyl (C=O) groups is 2. The number of carbonyl (C=O) groups excluding carboxylic acids is 2. The summed E-state index contributed by atoms with van der Waals surface area (Å²) in [5.41, 5.74) is 2.14. The summed E-state index contributed by atoms with van der Waals surface area (Å²) in [5, 5.41) is 3.10. The summed E-state index contributed by atoms with van der Waals surface area (Å²) in [6.45, 7) is 2.68. The summed E-state index contributed by atoms with van der Waals surface area (Å²) in [7, 11) is 1.62. The van der Waals surface area contributed by atoms with E-state index < -0.39 is 0 Å². The summed E-state index contributed by atoms with van der Waals surface area (Å²) in [6.07, 6.45) is 5.07. The van der Waals surface area contributed by atoms with E-state index in [1.807, 2.05) is 30.0 Å². The zero-order valence-electron chi connectivity index (χ0n) is 15.5. The fourth-order valence-electron chi connectivity index (χ4n) is 4.32. The first-order valence-electron chi connectivity index (χ1n) is 9.23. The Kier molecular flexibility index (Phi) is 4.56. The van der Waals surface area contributed by atoms with Crippen molar-refractivity contribution >= 4 is 11.8 Å². The second-order valence-electron chi connectivity index (χ2n) is 7.36. The van der Waals surface area contributed by atoms with Crippen LogP contribution in [0, 0.1) is 12.8 Å². The van der Waals surface area contributed by atoms with E-state index >= 15 is 0 Å². The van der Waals surface area contributed by atoms with E-state index in [4.69, 9.17) is 4.74 Å². The molecule has 6 nitrogen and oxygen atoms in total.